The Hall–Kier alpha value is -2.38. The second kappa shape index (κ2) is 8.33. The van der Waals surface area contributed by atoms with Crippen molar-refractivity contribution in [1.29, 1.82) is 0 Å². The van der Waals surface area contributed by atoms with E-state index in [0.29, 0.717) is 6.54 Å². The van der Waals surface area contributed by atoms with E-state index in [1.54, 1.807) is 12.1 Å². The Morgan fingerprint density at radius 2 is 1.73 bits per heavy atom. The monoisotopic (exact) mass is 376 g/mol. The van der Waals surface area contributed by atoms with E-state index >= 15 is 0 Å². The smallest absolute Gasteiger partial charge is 0.244 e. The average Bonchev–Trinajstić information content (AvgIpc) is 2.63. The van der Waals surface area contributed by atoms with Crippen LogP contribution in [0.4, 0.5) is 5.69 Å². The first kappa shape index (κ1) is 19.9. The van der Waals surface area contributed by atoms with Gasteiger partial charge >= 0.3 is 0 Å². The normalized spacial score (nSPS) is 11.2. The number of ether oxygens (including phenoxy) is 1. The van der Waals surface area contributed by atoms with Crippen molar-refractivity contribution in [1.82, 2.24) is 4.72 Å². The molecule has 0 heterocycles. The first-order valence-electron chi connectivity index (χ1n) is 8.30. The number of para-hydroxylation sites is 1. The van der Waals surface area contributed by atoms with Crippen LogP contribution >= 0.6 is 0 Å². The molecule has 0 spiro atoms. The molecule has 2 rings (SSSR count). The van der Waals surface area contributed by atoms with Crippen LogP contribution in [0.25, 0.3) is 0 Å². The van der Waals surface area contributed by atoms with E-state index in [2.05, 4.69) is 4.72 Å². The Morgan fingerprint density at radius 3 is 2.31 bits per heavy atom. The Labute approximate surface area is 154 Å². The van der Waals surface area contributed by atoms with E-state index in [0.717, 1.165) is 16.8 Å². The Balaban J connectivity index is 2.20. The molecular formula is C19H24N2O4S. The maximum Gasteiger partial charge on any atom is 0.244 e. The summed E-state index contributed by atoms with van der Waals surface area (Å²) in [6.45, 7) is 5.65. The SMILES string of the molecule is CCN(C(=O)CNS(=O)(=O)c1cc(C)c(C)cc1OC)c1ccccc1. The van der Waals surface area contributed by atoms with E-state index in [-0.39, 0.29) is 23.1 Å². The van der Waals surface area contributed by atoms with Crippen molar-refractivity contribution in [3.05, 3.63) is 53.6 Å². The van der Waals surface area contributed by atoms with Gasteiger partial charge in [-0.25, -0.2) is 13.1 Å². The number of nitrogens with zero attached hydrogens (tertiary/aromatic N) is 1. The molecule has 140 valence electrons. The van der Waals surface area contributed by atoms with Gasteiger partial charge in [0.1, 0.15) is 10.6 Å². The number of sulfonamides is 1. The summed E-state index contributed by atoms with van der Waals surface area (Å²) in [7, 11) is -2.46. The number of likely N-dealkylation sites (N-methyl/N-ethyl adjacent to an activating group) is 1. The zero-order chi connectivity index (χ0) is 19.3. The number of anilines is 1. The van der Waals surface area contributed by atoms with Crippen molar-refractivity contribution in [2.24, 2.45) is 0 Å². The van der Waals surface area contributed by atoms with Crippen LogP contribution < -0.4 is 14.4 Å². The Bertz CT molecular complexity index is 880. The summed E-state index contributed by atoms with van der Waals surface area (Å²) >= 11 is 0. The van der Waals surface area contributed by atoms with E-state index in [4.69, 9.17) is 4.74 Å². The van der Waals surface area contributed by atoms with Crippen LogP contribution in [0.5, 0.6) is 5.75 Å². The number of rotatable bonds is 7. The van der Waals surface area contributed by atoms with Crippen LogP contribution in [-0.4, -0.2) is 34.5 Å². The summed E-state index contributed by atoms with van der Waals surface area (Å²) in [6, 6.07) is 12.4. The maximum atomic E-state index is 12.7. The summed E-state index contributed by atoms with van der Waals surface area (Å²) in [6.07, 6.45) is 0. The van der Waals surface area contributed by atoms with Crippen LogP contribution in [0.1, 0.15) is 18.1 Å². The molecular weight excluding hydrogens is 352 g/mol. The fourth-order valence-electron chi connectivity index (χ4n) is 2.57. The van der Waals surface area contributed by atoms with Gasteiger partial charge < -0.3 is 9.64 Å². The number of carbonyl (C=O) groups is 1. The van der Waals surface area contributed by atoms with Gasteiger partial charge in [-0.3, -0.25) is 4.79 Å². The summed E-state index contributed by atoms with van der Waals surface area (Å²) in [5.41, 5.74) is 2.48. The van der Waals surface area contributed by atoms with Gasteiger partial charge in [0.15, 0.2) is 0 Å². The van der Waals surface area contributed by atoms with E-state index in [1.807, 2.05) is 51.1 Å². The maximum absolute atomic E-state index is 12.7. The fraction of sp³-hybridized carbons (Fsp3) is 0.316. The van der Waals surface area contributed by atoms with Gasteiger partial charge in [0.25, 0.3) is 0 Å². The van der Waals surface area contributed by atoms with Gasteiger partial charge in [-0.15, -0.1) is 0 Å². The minimum absolute atomic E-state index is 0.0265. The van der Waals surface area contributed by atoms with Crippen molar-refractivity contribution in [3.8, 4) is 5.75 Å². The number of benzene rings is 2. The second-order valence-electron chi connectivity index (χ2n) is 5.89. The molecule has 0 aliphatic rings. The molecule has 0 saturated heterocycles. The standard InChI is InChI=1S/C19H24N2O4S/c1-5-21(16-9-7-6-8-10-16)19(22)13-20-26(23,24)18-12-15(3)14(2)11-17(18)25-4/h6-12,20H,5,13H2,1-4H3. The molecule has 1 N–H and O–H groups in total. The highest BCUT2D eigenvalue weighted by atomic mass is 32.2. The quantitative estimate of drug-likeness (QED) is 0.806. The molecule has 0 saturated carbocycles. The number of aryl methyl sites for hydroxylation is 2. The number of nitrogens with one attached hydrogen (secondary N) is 1. The second-order valence-corrected chi connectivity index (χ2v) is 7.62. The van der Waals surface area contributed by atoms with Crippen LogP contribution in [0, 0.1) is 13.8 Å². The number of methoxy groups -OCH3 is 1. The largest absolute Gasteiger partial charge is 0.495 e. The summed E-state index contributed by atoms with van der Waals surface area (Å²) in [4.78, 5) is 14.1. The third kappa shape index (κ3) is 4.42. The molecule has 0 bridgehead atoms. The first-order chi connectivity index (χ1) is 12.3. The van der Waals surface area contributed by atoms with Gasteiger partial charge in [-0.2, -0.15) is 0 Å². The van der Waals surface area contributed by atoms with Gasteiger partial charge in [0.05, 0.1) is 13.7 Å². The predicted octanol–water partition coefficient (Wildman–Crippen LogP) is 2.64. The van der Waals surface area contributed by atoms with Crippen LogP contribution in [-0.2, 0) is 14.8 Å². The lowest BCUT2D eigenvalue weighted by atomic mass is 10.1. The summed E-state index contributed by atoms with van der Waals surface area (Å²) in [5.74, 6) is -0.0754. The molecule has 0 unspecified atom stereocenters. The van der Waals surface area contributed by atoms with Crippen molar-refractivity contribution in [2.75, 3.05) is 25.1 Å². The molecule has 1 amide bonds. The van der Waals surface area contributed by atoms with Crippen LogP contribution in [0.3, 0.4) is 0 Å². The number of carbonyl (C=O) groups excluding carboxylic acids is 1. The van der Waals surface area contributed by atoms with Gasteiger partial charge in [0, 0.05) is 12.2 Å². The highest BCUT2D eigenvalue weighted by Gasteiger charge is 2.23. The number of hydrogen-bond donors (Lipinski definition) is 1. The fourth-order valence-corrected chi connectivity index (χ4v) is 3.78. The third-order valence-electron chi connectivity index (χ3n) is 4.17. The van der Waals surface area contributed by atoms with Crippen molar-refractivity contribution >= 4 is 21.6 Å². The third-order valence-corrected chi connectivity index (χ3v) is 5.59. The van der Waals surface area contributed by atoms with Crippen LogP contribution in [0.15, 0.2) is 47.4 Å². The topological polar surface area (TPSA) is 75.7 Å². The van der Waals surface area contributed by atoms with Gasteiger partial charge in [0.2, 0.25) is 15.9 Å². The molecule has 0 aromatic heterocycles. The lowest BCUT2D eigenvalue weighted by Crippen LogP contribution is -2.40. The Morgan fingerprint density at radius 1 is 1.12 bits per heavy atom. The average molecular weight is 376 g/mol. The van der Waals surface area contributed by atoms with Crippen LogP contribution in [0.2, 0.25) is 0 Å². The first-order valence-corrected chi connectivity index (χ1v) is 9.78. The molecule has 26 heavy (non-hydrogen) atoms. The van der Waals surface area contributed by atoms with Crippen molar-refractivity contribution < 1.29 is 17.9 Å². The van der Waals surface area contributed by atoms with E-state index < -0.39 is 10.0 Å². The van der Waals surface area contributed by atoms with Gasteiger partial charge in [-0.1, -0.05) is 18.2 Å². The molecule has 0 aliphatic carbocycles. The molecule has 7 heteroatoms. The predicted molar refractivity (Wildman–Crippen MR) is 102 cm³/mol. The van der Waals surface area contributed by atoms with E-state index in [1.165, 1.54) is 12.0 Å². The minimum Gasteiger partial charge on any atom is -0.495 e. The molecule has 0 atom stereocenters. The number of amides is 1. The highest BCUT2D eigenvalue weighted by molar-refractivity contribution is 7.89. The van der Waals surface area contributed by atoms with E-state index in [9.17, 15) is 13.2 Å². The molecule has 0 aliphatic heterocycles. The lowest BCUT2D eigenvalue weighted by Gasteiger charge is -2.21. The molecule has 2 aromatic rings. The number of hydrogen-bond acceptors (Lipinski definition) is 4. The Kier molecular flexibility index (Phi) is 6.39. The molecule has 2 aromatic carbocycles. The van der Waals surface area contributed by atoms with Crippen molar-refractivity contribution in [2.45, 2.75) is 25.7 Å². The summed E-state index contributed by atoms with van der Waals surface area (Å²) < 4.78 is 32.9. The van der Waals surface area contributed by atoms with Crippen molar-refractivity contribution in [3.63, 3.8) is 0 Å². The molecule has 0 radical (unpaired) electrons. The highest BCUT2D eigenvalue weighted by Crippen LogP contribution is 2.27. The zero-order valence-electron chi connectivity index (χ0n) is 15.4. The molecule has 0 fully saturated rings. The summed E-state index contributed by atoms with van der Waals surface area (Å²) in [5, 5.41) is 0. The van der Waals surface area contributed by atoms with Gasteiger partial charge in [-0.05, 0) is 56.2 Å². The lowest BCUT2D eigenvalue weighted by molar-refractivity contribution is -0.117. The zero-order valence-corrected chi connectivity index (χ0v) is 16.3. The minimum atomic E-state index is -3.88. The molecule has 6 nitrogen and oxygen atoms in total.